The van der Waals surface area contributed by atoms with E-state index in [1.54, 1.807) is 24.3 Å². The lowest BCUT2D eigenvalue weighted by Gasteiger charge is -2.38. The Bertz CT molecular complexity index is 800. The van der Waals surface area contributed by atoms with Crippen molar-refractivity contribution >= 4 is 23.4 Å². The number of pyridine rings is 1. The third-order valence-corrected chi connectivity index (χ3v) is 4.82. The summed E-state index contributed by atoms with van der Waals surface area (Å²) in [5.74, 6) is -1.07. The molecule has 1 aliphatic rings. The van der Waals surface area contributed by atoms with E-state index in [2.05, 4.69) is 15.2 Å². The number of nitrogens with one attached hydrogen (secondary N) is 1. The monoisotopic (exact) mass is 393 g/mol. The second-order valence-electron chi connectivity index (χ2n) is 6.42. The minimum Gasteiger partial charge on any atom is -0.477 e. The summed E-state index contributed by atoms with van der Waals surface area (Å²) in [6.07, 6.45) is 0.0280. The van der Waals surface area contributed by atoms with Gasteiger partial charge in [-0.25, -0.2) is 14.2 Å². The lowest BCUT2D eigenvalue weighted by Crippen LogP contribution is -2.45. The molecule has 144 valence electrons. The van der Waals surface area contributed by atoms with E-state index in [1.807, 2.05) is 6.92 Å². The summed E-state index contributed by atoms with van der Waals surface area (Å²) in [6, 6.07) is 8.99. The fraction of sp³-hybridized carbons (Fsp3) is 0.368. The predicted octanol–water partition coefficient (Wildman–Crippen LogP) is 3.45. The first kappa shape index (κ1) is 19.5. The number of benzene rings is 1. The zero-order chi connectivity index (χ0) is 19.4. The van der Waals surface area contributed by atoms with Gasteiger partial charge in [0.2, 0.25) is 0 Å². The number of halogens is 2. The summed E-state index contributed by atoms with van der Waals surface area (Å²) >= 11 is 6.31. The van der Waals surface area contributed by atoms with Gasteiger partial charge in [-0.05, 0) is 31.2 Å². The lowest BCUT2D eigenvalue weighted by molar-refractivity contribution is -0.0331. The van der Waals surface area contributed by atoms with Crippen LogP contribution in [0.2, 0.25) is 5.02 Å². The van der Waals surface area contributed by atoms with Crippen LogP contribution in [0.1, 0.15) is 29.0 Å². The van der Waals surface area contributed by atoms with Crippen molar-refractivity contribution in [2.24, 2.45) is 0 Å². The minimum absolute atomic E-state index is 0.0280. The van der Waals surface area contributed by atoms with Crippen molar-refractivity contribution in [3.63, 3.8) is 0 Å². The van der Waals surface area contributed by atoms with Crippen LogP contribution in [0.3, 0.4) is 0 Å². The SMILES string of the molecule is CC1CN(C(CNc2cccc(C(=O)O)n2)c2c(F)cccc2Cl)CCO1. The normalized spacial score (nSPS) is 18.9. The van der Waals surface area contributed by atoms with Crippen molar-refractivity contribution in [3.8, 4) is 0 Å². The Morgan fingerprint density at radius 1 is 1.44 bits per heavy atom. The highest BCUT2D eigenvalue weighted by atomic mass is 35.5. The van der Waals surface area contributed by atoms with Crippen LogP contribution in [0, 0.1) is 5.82 Å². The molecule has 1 aromatic carbocycles. The molecule has 1 aliphatic heterocycles. The number of morpholine rings is 1. The molecule has 2 unspecified atom stereocenters. The van der Waals surface area contributed by atoms with Gasteiger partial charge >= 0.3 is 5.97 Å². The summed E-state index contributed by atoms with van der Waals surface area (Å²) in [4.78, 5) is 17.3. The molecule has 1 saturated heterocycles. The summed E-state index contributed by atoms with van der Waals surface area (Å²) in [5, 5.41) is 12.6. The highest BCUT2D eigenvalue weighted by molar-refractivity contribution is 6.31. The van der Waals surface area contributed by atoms with E-state index in [1.165, 1.54) is 12.1 Å². The summed E-state index contributed by atoms with van der Waals surface area (Å²) in [6.45, 7) is 4.13. The molecular formula is C19H21ClFN3O3. The van der Waals surface area contributed by atoms with Crippen LogP contribution >= 0.6 is 11.6 Å². The molecule has 0 amide bonds. The van der Waals surface area contributed by atoms with Gasteiger partial charge in [-0.1, -0.05) is 23.7 Å². The first-order valence-corrected chi connectivity index (χ1v) is 9.07. The largest absolute Gasteiger partial charge is 0.477 e. The molecule has 2 heterocycles. The molecule has 8 heteroatoms. The zero-order valence-electron chi connectivity index (χ0n) is 14.9. The maximum absolute atomic E-state index is 14.6. The Balaban J connectivity index is 1.86. The summed E-state index contributed by atoms with van der Waals surface area (Å²) in [5.41, 5.74) is 0.357. The Kier molecular flexibility index (Phi) is 6.26. The number of anilines is 1. The molecule has 0 aliphatic carbocycles. The van der Waals surface area contributed by atoms with Crippen molar-refractivity contribution < 1.29 is 19.0 Å². The van der Waals surface area contributed by atoms with Crippen LogP contribution in [0.25, 0.3) is 0 Å². The molecule has 1 fully saturated rings. The Hall–Kier alpha value is -2.22. The van der Waals surface area contributed by atoms with E-state index in [4.69, 9.17) is 21.4 Å². The average Bonchev–Trinajstić information content (AvgIpc) is 2.64. The zero-order valence-corrected chi connectivity index (χ0v) is 15.6. The number of carboxylic acids is 1. The Morgan fingerprint density at radius 3 is 2.93 bits per heavy atom. The van der Waals surface area contributed by atoms with Gasteiger partial charge in [0.1, 0.15) is 11.6 Å². The fourth-order valence-corrected chi connectivity index (χ4v) is 3.51. The number of nitrogens with zero attached hydrogens (tertiary/aromatic N) is 2. The van der Waals surface area contributed by atoms with Crippen LogP contribution in [-0.4, -0.2) is 53.3 Å². The topological polar surface area (TPSA) is 74.7 Å². The number of rotatable bonds is 6. The molecule has 2 aromatic rings. The van der Waals surface area contributed by atoms with Crippen LogP contribution in [-0.2, 0) is 4.74 Å². The first-order chi connectivity index (χ1) is 13.0. The average molecular weight is 394 g/mol. The fourth-order valence-electron chi connectivity index (χ4n) is 3.22. The van der Waals surface area contributed by atoms with Gasteiger partial charge in [0.05, 0.1) is 18.8 Å². The molecule has 1 aromatic heterocycles. The van der Waals surface area contributed by atoms with Gasteiger partial charge < -0.3 is 15.2 Å². The van der Waals surface area contributed by atoms with Crippen LogP contribution in [0.5, 0.6) is 0 Å². The molecule has 2 atom stereocenters. The number of ether oxygens (including phenoxy) is 1. The summed E-state index contributed by atoms with van der Waals surface area (Å²) in [7, 11) is 0. The molecule has 0 spiro atoms. The standard InChI is InChI=1S/C19H21ClFN3O3/c1-12-11-24(8-9-27-12)16(18-13(20)4-2-5-14(18)21)10-22-17-7-3-6-15(23-17)19(25)26/h2-7,12,16H,8-11H2,1H3,(H,22,23)(H,25,26). The Labute approximate surface area is 161 Å². The van der Waals surface area contributed by atoms with Gasteiger partial charge in [0.15, 0.2) is 5.69 Å². The molecule has 0 saturated carbocycles. The molecule has 0 radical (unpaired) electrons. The number of hydrogen-bond acceptors (Lipinski definition) is 5. The van der Waals surface area contributed by atoms with E-state index in [9.17, 15) is 9.18 Å². The van der Waals surface area contributed by atoms with Gasteiger partial charge in [-0.15, -0.1) is 0 Å². The van der Waals surface area contributed by atoms with Gasteiger partial charge in [0, 0.05) is 30.2 Å². The second-order valence-corrected chi connectivity index (χ2v) is 6.83. The van der Waals surface area contributed by atoms with Gasteiger partial charge in [-0.2, -0.15) is 0 Å². The van der Waals surface area contributed by atoms with Gasteiger partial charge in [0.25, 0.3) is 0 Å². The maximum atomic E-state index is 14.6. The van der Waals surface area contributed by atoms with E-state index in [0.717, 1.165) is 0 Å². The number of aromatic nitrogens is 1. The molecule has 6 nitrogen and oxygen atoms in total. The quantitative estimate of drug-likeness (QED) is 0.783. The summed E-state index contributed by atoms with van der Waals surface area (Å²) < 4.78 is 20.2. The minimum atomic E-state index is -1.10. The lowest BCUT2D eigenvalue weighted by atomic mass is 10.0. The van der Waals surface area contributed by atoms with Crippen molar-refractivity contribution in [2.45, 2.75) is 19.1 Å². The number of carbonyl (C=O) groups is 1. The third-order valence-electron chi connectivity index (χ3n) is 4.49. The van der Waals surface area contributed by atoms with Crippen molar-refractivity contribution in [3.05, 3.63) is 58.5 Å². The molecule has 0 bridgehead atoms. The van der Waals surface area contributed by atoms with Crippen LogP contribution < -0.4 is 5.32 Å². The number of aromatic carboxylic acids is 1. The smallest absolute Gasteiger partial charge is 0.354 e. The van der Waals surface area contributed by atoms with E-state index >= 15 is 0 Å². The predicted molar refractivity (Wildman–Crippen MR) is 101 cm³/mol. The third kappa shape index (κ3) is 4.74. The molecule has 3 rings (SSSR count). The van der Waals surface area contributed by atoms with Crippen molar-refractivity contribution in [1.29, 1.82) is 0 Å². The van der Waals surface area contributed by atoms with E-state index < -0.39 is 5.97 Å². The van der Waals surface area contributed by atoms with Crippen molar-refractivity contribution in [1.82, 2.24) is 9.88 Å². The van der Waals surface area contributed by atoms with Crippen LogP contribution in [0.4, 0.5) is 10.2 Å². The Morgan fingerprint density at radius 2 is 2.22 bits per heavy atom. The number of hydrogen-bond donors (Lipinski definition) is 2. The number of carboxylic acid groups (broad SMARTS) is 1. The first-order valence-electron chi connectivity index (χ1n) is 8.69. The van der Waals surface area contributed by atoms with E-state index in [-0.39, 0.29) is 23.7 Å². The van der Waals surface area contributed by atoms with Crippen molar-refractivity contribution in [2.75, 3.05) is 31.6 Å². The highest BCUT2D eigenvalue weighted by Crippen LogP contribution is 2.31. The van der Waals surface area contributed by atoms with Crippen LogP contribution in [0.15, 0.2) is 36.4 Å². The van der Waals surface area contributed by atoms with E-state index in [0.29, 0.717) is 42.6 Å². The second kappa shape index (κ2) is 8.65. The maximum Gasteiger partial charge on any atom is 0.354 e. The highest BCUT2D eigenvalue weighted by Gasteiger charge is 2.29. The molecule has 2 N–H and O–H groups in total. The van der Waals surface area contributed by atoms with Gasteiger partial charge in [-0.3, -0.25) is 4.90 Å². The molecular weight excluding hydrogens is 373 g/mol. The molecule has 27 heavy (non-hydrogen) atoms.